The minimum absolute atomic E-state index is 0.0960. The van der Waals surface area contributed by atoms with Gasteiger partial charge < -0.3 is 10.1 Å². The monoisotopic (exact) mass is 444 g/mol. The number of ether oxygens (including phenoxy) is 1. The molecule has 0 radical (unpaired) electrons. The minimum atomic E-state index is -3.73. The molecule has 3 rings (SSSR count). The maximum absolute atomic E-state index is 12.6. The highest BCUT2D eigenvalue weighted by molar-refractivity contribution is 7.92. The predicted octanol–water partition coefficient (Wildman–Crippen LogP) is 4.78. The second-order valence-electron chi connectivity index (χ2n) is 6.72. The van der Waals surface area contributed by atoms with Crippen LogP contribution in [0, 0.1) is 13.8 Å². The number of nitrogens with one attached hydrogen (secondary N) is 2. The Labute approximate surface area is 180 Å². The normalized spacial score (nSPS) is 11.0. The maximum atomic E-state index is 12.6. The van der Waals surface area contributed by atoms with Gasteiger partial charge in [-0.15, -0.1) is 0 Å². The van der Waals surface area contributed by atoms with Crippen molar-refractivity contribution in [2.75, 3.05) is 16.6 Å². The molecule has 0 heterocycles. The first-order valence-corrected chi connectivity index (χ1v) is 11.0. The number of anilines is 2. The van der Waals surface area contributed by atoms with Crippen LogP contribution in [0.1, 0.15) is 11.1 Å². The van der Waals surface area contributed by atoms with Gasteiger partial charge in [0.25, 0.3) is 15.9 Å². The molecule has 0 aliphatic carbocycles. The Morgan fingerprint density at radius 2 is 1.53 bits per heavy atom. The fraction of sp³-hybridized carbons (Fsp3) is 0.136. The number of carbonyl (C=O) groups excluding carboxylic acids is 1. The van der Waals surface area contributed by atoms with E-state index >= 15 is 0 Å². The highest BCUT2D eigenvalue weighted by Gasteiger charge is 2.15. The van der Waals surface area contributed by atoms with Crippen molar-refractivity contribution < 1.29 is 17.9 Å². The van der Waals surface area contributed by atoms with Crippen LogP contribution in [0.15, 0.2) is 71.6 Å². The summed E-state index contributed by atoms with van der Waals surface area (Å²) in [6.07, 6.45) is 0. The highest BCUT2D eigenvalue weighted by Crippen LogP contribution is 2.21. The lowest BCUT2D eigenvalue weighted by Crippen LogP contribution is -2.20. The van der Waals surface area contributed by atoms with Crippen LogP contribution in [0.5, 0.6) is 5.75 Å². The highest BCUT2D eigenvalue weighted by atomic mass is 35.5. The van der Waals surface area contributed by atoms with Gasteiger partial charge in [0.2, 0.25) is 0 Å². The van der Waals surface area contributed by atoms with Gasteiger partial charge >= 0.3 is 0 Å². The fourth-order valence-corrected chi connectivity index (χ4v) is 3.79. The van der Waals surface area contributed by atoms with E-state index in [1.54, 1.807) is 36.4 Å². The van der Waals surface area contributed by atoms with E-state index in [4.69, 9.17) is 16.3 Å². The van der Waals surface area contributed by atoms with Gasteiger partial charge in [-0.3, -0.25) is 9.52 Å². The van der Waals surface area contributed by atoms with Crippen LogP contribution in [0.2, 0.25) is 5.02 Å². The Balaban J connectivity index is 1.58. The molecular weight excluding hydrogens is 424 g/mol. The molecule has 0 unspecified atom stereocenters. The number of halogens is 1. The van der Waals surface area contributed by atoms with E-state index in [1.165, 1.54) is 24.3 Å². The molecule has 0 aliphatic rings. The Morgan fingerprint density at radius 3 is 2.17 bits per heavy atom. The van der Waals surface area contributed by atoms with Crippen LogP contribution in [-0.2, 0) is 14.8 Å². The molecule has 0 aliphatic heterocycles. The lowest BCUT2D eigenvalue weighted by Gasteiger charge is -2.11. The van der Waals surface area contributed by atoms with E-state index in [9.17, 15) is 13.2 Å². The Morgan fingerprint density at radius 1 is 0.900 bits per heavy atom. The van der Waals surface area contributed by atoms with Crippen molar-refractivity contribution in [3.63, 3.8) is 0 Å². The second-order valence-corrected chi connectivity index (χ2v) is 8.84. The number of rotatable bonds is 7. The number of hydrogen-bond donors (Lipinski definition) is 2. The van der Waals surface area contributed by atoms with Crippen LogP contribution in [-0.4, -0.2) is 20.9 Å². The summed E-state index contributed by atoms with van der Waals surface area (Å²) in [5.74, 6) is 0.0387. The van der Waals surface area contributed by atoms with E-state index in [2.05, 4.69) is 10.0 Å². The van der Waals surface area contributed by atoms with Gasteiger partial charge in [0.05, 0.1) is 4.90 Å². The largest absolute Gasteiger partial charge is 0.484 e. The van der Waals surface area contributed by atoms with E-state index in [1.807, 2.05) is 19.9 Å². The minimum Gasteiger partial charge on any atom is -0.484 e. The van der Waals surface area contributed by atoms with E-state index < -0.39 is 10.0 Å². The summed E-state index contributed by atoms with van der Waals surface area (Å²) in [7, 11) is -3.73. The van der Waals surface area contributed by atoms with Crippen LogP contribution < -0.4 is 14.8 Å². The fourth-order valence-electron chi connectivity index (χ4n) is 2.61. The zero-order valence-electron chi connectivity index (χ0n) is 16.5. The van der Waals surface area contributed by atoms with Crippen LogP contribution in [0.3, 0.4) is 0 Å². The molecule has 6 nitrogen and oxygen atoms in total. The summed E-state index contributed by atoms with van der Waals surface area (Å²) in [5, 5.41) is 3.26. The predicted molar refractivity (Wildman–Crippen MR) is 119 cm³/mol. The van der Waals surface area contributed by atoms with Crippen LogP contribution in [0.4, 0.5) is 11.4 Å². The van der Waals surface area contributed by atoms with Crippen molar-refractivity contribution in [1.82, 2.24) is 0 Å². The summed E-state index contributed by atoms with van der Waals surface area (Å²) in [5.41, 5.74) is 3.18. The lowest BCUT2D eigenvalue weighted by molar-refractivity contribution is -0.118. The van der Waals surface area contributed by atoms with E-state index in [0.717, 1.165) is 11.1 Å². The molecule has 8 heteroatoms. The first-order valence-electron chi connectivity index (χ1n) is 9.11. The van der Waals surface area contributed by atoms with Crippen LogP contribution >= 0.6 is 11.6 Å². The first kappa shape index (κ1) is 21.7. The molecular formula is C22H21ClN2O4S. The SMILES string of the molecule is Cc1ccc(NS(=O)(=O)c2ccc(OCC(=O)Nc3ccc(Cl)cc3)cc2)cc1C. The molecule has 3 aromatic rings. The quantitative estimate of drug-likeness (QED) is 0.549. The molecule has 0 saturated heterocycles. The van der Waals surface area contributed by atoms with Gasteiger partial charge in [0.15, 0.2) is 6.61 Å². The number of aryl methyl sites for hydroxylation is 2. The number of hydrogen-bond acceptors (Lipinski definition) is 4. The van der Waals surface area contributed by atoms with Gasteiger partial charge in [-0.25, -0.2) is 8.42 Å². The third-order valence-electron chi connectivity index (χ3n) is 4.39. The van der Waals surface area contributed by atoms with Gasteiger partial charge in [-0.1, -0.05) is 17.7 Å². The average Bonchev–Trinajstić information content (AvgIpc) is 2.71. The van der Waals surface area contributed by atoms with E-state index in [-0.39, 0.29) is 17.4 Å². The number of carbonyl (C=O) groups is 1. The number of benzene rings is 3. The zero-order chi connectivity index (χ0) is 21.7. The summed E-state index contributed by atoms with van der Waals surface area (Å²) < 4.78 is 33.1. The standard InChI is InChI=1S/C22H21ClN2O4S/c1-15-3-6-19(13-16(15)2)25-30(27,28)21-11-9-20(10-12-21)29-14-22(26)24-18-7-4-17(23)5-8-18/h3-13,25H,14H2,1-2H3,(H,24,26). The molecule has 156 valence electrons. The Kier molecular flexibility index (Phi) is 6.64. The lowest BCUT2D eigenvalue weighted by atomic mass is 10.1. The van der Waals surface area contributed by atoms with Crippen molar-refractivity contribution in [3.05, 3.63) is 82.9 Å². The molecule has 0 bridgehead atoms. The summed E-state index contributed by atoms with van der Waals surface area (Å²) in [6.45, 7) is 3.67. The summed E-state index contributed by atoms with van der Waals surface area (Å²) in [6, 6.07) is 17.9. The summed E-state index contributed by atoms with van der Waals surface area (Å²) in [4.78, 5) is 12.1. The third kappa shape index (κ3) is 5.75. The number of amides is 1. The maximum Gasteiger partial charge on any atom is 0.262 e. The first-order chi connectivity index (χ1) is 14.2. The molecule has 3 aromatic carbocycles. The Bertz CT molecular complexity index is 1140. The van der Waals surface area contributed by atoms with Gasteiger partial charge in [-0.05, 0) is 85.6 Å². The van der Waals surface area contributed by atoms with Gasteiger partial charge in [0.1, 0.15) is 5.75 Å². The zero-order valence-corrected chi connectivity index (χ0v) is 18.0. The van der Waals surface area contributed by atoms with Crippen molar-refractivity contribution in [3.8, 4) is 5.75 Å². The molecule has 0 aromatic heterocycles. The molecule has 2 N–H and O–H groups in total. The number of sulfonamides is 1. The van der Waals surface area contributed by atoms with Crippen LogP contribution in [0.25, 0.3) is 0 Å². The average molecular weight is 445 g/mol. The van der Waals surface area contributed by atoms with Crippen molar-refractivity contribution in [2.45, 2.75) is 18.7 Å². The third-order valence-corrected chi connectivity index (χ3v) is 6.04. The van der Waals surface area contributed by atoms with Crippen molar-refractivity contribution >= 4 is 38.9 Å². The molecule has 1 amide bonds. The molecule has 0 saturated carbocycles. The van der Waals surface area contributed by atoms with Gasteiger partial charge in [-0.2, -0.15) is 0 Å². The summed E-state index contributed by atoms with van der Waals surface area (Å²) >= 11 is 5.81. The van der Waals surface area contributed by atoms with Gasteiger partial charge in [0, 0.05) is 16.4 Å². The second kappa shape index (κ2) is 9.19. The molecule has 0 fully saturated rings. The van der Waals surface area contributed by atoms with Crippen molar-refractivity contribution in [1.29, 1.82) is 0 Å². The Hall–Kier alpha value is -3.03. The topological polar surface area (TPSA) is 84.5 Å². The van der Waals surface area contributed by atoms with Crippen molar-refractivity contribution in [2.24, 2.45) is 0 Å². The van der Waals surface area contributed by atoms with E-state index in [0.29, 0.717) is 22.1 Å². The molecule has 0 atom stereocenters. The molecule has 0 spiro atoms. The smallest absolute Gasteiger partial charge is 0.262 e. The molecule has 30 heavy (non-hydrogen) atoms.